The molecule has 0 heterocycles. The van der Waals surface area contributed by atoms with Gasteiger partial charge >= 0.3 is 6.36 Å². The van der Waals surface area contributed by atoms with E-state index in [9.17, 15) is 22.0 Å². The Kier molecular flexibility index (Phi) is 6.64. The molecule has 0 aromatic heterocycles. The molecule has 0 saturated heterocycles. The first-order valence-corrected chi connectivity index (χ1v) is 11.7. The zero-order chi connectivity index (χ0) is 22.2. The lowest BCUT2D eigenvalue weighted by Gasteiger charge is -2.50. The highest BCUT2D eigenvalue weighted by molar-refractivity contribution is 5.33. The minimum atomic E-state index is -5.12. The van der Waals surface area contributed by atoms with Gasteiger partial charge in [-0.25, -0.2) is 8.78 Å². The van der Waals surface area contributed by atoms with Crippen LogP contribution in [0.2, 0.25) is 0 Å². The topological polar surface area (TPSA) is 9.23 Å². The fraction of sp³-hybridized carbons (Fsp3) is 0.680. The smallest absolute Gasteiger partial charge is 0.399 e. The molecule has 1 nitrogen and oxygen atoms in total. The third-order valence-corrected chi connectivity index (χ3v) is 7.93. The van der Waals surface area contributed by atoms with Crippen LogP contribution in [0.5, 0.6) is 5.75 Å². The fourth-order valence-corrected chi connectivity index (χ4v) is 6.67. The summed E-state index contributed by atoms with van der Waals surface area (Å²) in [5, 5.41) is 0. The van der Waals surface area contributed by atoms with Crippen molar-refractivity contribution in [1.82, 2.24) is 0 Å². The summed E-state index contributed by atoms with van der Waals surface area (Å²) in [7, 11) is 0. The maximum Gasteiger partial charge on any atom is 0.573 e. The molecule has 3 fully saturated rings. The Balaban J connectivity index is 1.42. The second-order valence-corrected chi connectivity index (χ2v) is 9.71. The van der Waals surface area contributed by atoms with Crippen molar-refractivity contribution in [2.45, 2.75) is 77.0 Å². The number of benzene rings is 1. The molecule has 6 unspecified atom stereocenters. The SMILES string of the molecule is CC/C=C/C1CCC2C(CCC3CC(c4cc(F)c(OC(F)(F)F)c(F)c4)CCC32)C1. The van der Waals surface area contributed by atoms with E-state index in [4.69, 9.17) is 0 Å². The summed E-state index contributed by atoms with van der Waals surface area (Å²) >= 11 is 0. The van der Waals surface area contributed by atoms with E-state index in [1.807, 2.05) is 0 Å². The van der Waals surface area contributed by atoms with E-state index in [0.717, 1.165) is 56.1 Å². The molecule has 1 aromatic carbocycles. The van der Waals surface area contributed by atoms with Crippen molar-refractivity contribution in [1.29, 1.82) is 0 Å². The molecule has 4 rings (SSSR count). The van der Waals surface area contributed by atoms with Crippen LogP contribution in [-0.2, 0) is 0 Å². The van der Waals surface area contributed by atoms with Crippen LogP contribution in [0.15, 0.2) is 24.3 Å². The average Bonchev–Trinajstić information content (AvgIpc) is 2.73. The van der Waals surface area contributed by atoms with E-state index in [1.54, 1.807) is 0 Å². The van der Waals surface area contributed by atoms with Gasteiger partial charge in [-0.2, -0.15) is 0 Å². The second kappa shape index (κ2) is 9.11. The predicted molar refractivity (Wildman–Crippen MR) is 110 cm³/mol. The van der Waals surface area contributed by atoms with Crippen molar-refractivity contribution in [3.8, 4) is 5.75 Å². The van der Waals surface area contributed by atoms with E-state index in [0.29, 0.717) is 23.3 Å². The number of ether oxygens (including phenoxy) is 1. The van der Waals surface area contributed by atoms with Gasteiger partial charge in [-0.1, -0.05) is 19.1 Å². The minimum absolute atomic E-state index is 0.00874. The standard InChI is InChI=1S/C25H31F5O/c1-2-3-4-15-5-9-20-17(11-15)6-7-18-12-16(8-10-21(18)20)19-13-22(26)24(23(27)14-19)31-25(28,29)30/h3-4,13-18,20-21H,2,5-12H2,1H3/b4-3+. The Morgan fingerprint density at radius 2 is 1.52 bits per heavy atom. The summed E-state index contributed by atoms with van der Waals surface area (Å²) in [6, 6.07) is 2.07. The first kappa shape index (κ1) is 22.6. The van der Waals surface area contributed by atoms with Gasteiger partial charge in [-0.05, 0) is 111 Å². The van der Waals surface area contributed by atoms with Gasteiger partial charge < -0.3 is 4.74 Å². The molecule has 6 heteroatoms. The molecule has 0 amide bonds. The number of allylic oxidation sites excluding steroid dienone is 2. The molecule has 0 N–H and O–H groups in total. The van der Waals surface area contributed by atoms with Crippen molar-refractivity contribution in [2.75, 3.05) is 0 Å². The number of rotatable bonds is 4. The zero-order valence-corrected chi connectivity index (χ0v) is 17.9. The van der Waals surface area contributed by atoms with Crippen LogP contribution in [0, 0.1) is 41.2 Å². The summed E-state index contributed by atoms with van der Waals surface area (Å²) in [6.07, 6.45) is 9.55. The predicted octanol–water partition coefficient (Wildman–Crippen LogP) is 8.16. The average molecular weight is 443 g/mol. The Bertz CT molecular complexity index is 779. The van der Waals surface area contributed by atoms with Crippen molar-refractivity contribution >= 4 is 0 Å². The molecular weight excluding hydrogens is 411 g/mol. The molecule has 0 aliphatic heterocycles. The number of alkyl halides is 3. The molecule has 1 aromatic rings. The quantitative estimate of drug-likeness (QED) is 0.338. The van der Waals surface area contributed by atoms with Gasteiger partial charge in [-0.15, -0.1) is 13.2 Å². The monoisotopic (exact) mass is 442 g/mol. The summed E-state index contributed by atoms with van der Waals surface area (Å²) in [6.45, 7) is 2.17. The van der Waals surface area contributed by atoms with E-state index in [2.05, 4.69) is 23.8 Å². The number of hydrogen-bond donors (Lipinski definition) is 0. The molecule has 0 spiro atoms. The summed E-state index contributed by atoms with van der Waals surface area (Å²) < 4.78 is 69.2. The minimum Gasteiger partial charge on any atom is -0.399 e. The van der Waals surface area contributed by atoms with Crippen molar-refractivity contribution in [3.63, 3.8) is 0 Å². The first-order chi connectivity index (χ1) is 14.7. The fourth-order valence-electron chi connectivity index (χ4n) is 6.67. The Morgan fingerprint density at radius 3 is 2.13 bits per heavy atom. The van der Waals surface area contributed by atoms with Gasteiger partial charge in [0, 0.05) is 0 Å². The maximum atomic E-state index is 14.2. The lowest BCUT2D eigenvalue weighted by atomic mass is 9.55. The summed E-state index contributed by atoms with van der Waals surface area (Å²) in [5.74, 6) is -0.474. The van der Waals surface area contributed by atoms with E-state index in [-0.39, 0.29) is 5.92 Å². The number of fused-ring (bicyclic) bond motifs is 3. The maximum absolute atomic E-state index is 14.2. The van der Waals surface area contributed by atoms with E-state index >= 15 is 0 Å². The normalized spacial score (nSPS) is 33.7. The lowest BCUT2D eigenvalue weighted by Crippen LogP contribution is -2.41. The van der Waals surface area contributed by atoms with E-state index < -0.39 is 23.7 Å². The van der Waals surface area contributed by atoms with Crippen LogP contribution in [-0.4, -0.2) is 6.36 Å². The van der Waals surface area contributed by atoms with Crippen LogP contribution in [0.1, 0.15) is 76.2 Å². The Labute approximate surface area is 181 Å². The van der Waals surface area contributed by atoms with Crippen LogP contribution in [0.3, 0.4) is 0 Å². The molecule has 31 heavy (non-hydrogen) atoms. The van der Waals surface area contributed by atoms with Gasteiger partial charge in [-0.3, -0.25) is 0 Å². The second-order valence-electron chi connectivity index (χ2n) is 9.71. The van der Waals surface area contributed by atoms with Crippen molar-refractivity contribution in [3.05, 3.63) is 41.5 Å². The highest BCUT2D eigenvalue weighted by Gasteiger charge is 2.44. The third-order valence-electron chi connectivity index (χ3n) is 7.93. The van der Waals surface area contributed by atoms with Crippen LogP contribution in [0.25, 0.3) is 0 Å². The van der Waals surface area contributed by atoms with Crippen molar-refractivity contribution < 1.29 is 26.7 Å². The molecule has 3 aliphatic rings. The largest absolute Gasteiger partial charge is 0.573 e. The zero-order valence-electron chi connectivity index (χ0n) is 17.9. The summed E-state index contributed by atoms with van der Waals surface area (Å²) in [5.41, 5.74) is 0.457. The molecule has 0 bridgehead atoms. The van der Waals surface area contributed by atoms with Gasteiger partial charge in [0.1, 0.15) is 0 Å². The highest BCUT2D eigenvalue weighted by Crippen LogP contribution is 2.55. The third kappa shape index (κ3) is 5.09. The molecule has 3 saturated carbocycles. The van der Waals surface area contributed by atoms with Gasteiger partial charge in [0.2, 0.25) is 5.75 Å². The Morgan fingerprint density at radius 1 is 0.903 bits per heavy atom. The van der Waals surface area contributed by atoms with E-state index in [1.165, 1.54) is 25.7 Å². The molecule has 3 aliphatic carbocycles. The number of halogens is 5. The molecule has 6 atom stereocenters. The molecular formula is C25H31F5O. The van der Waals surface area contributed by atoms with Gasteiger partial charge in [0.25, 0.3) is 0 Å². The molecule has 172 valence electrons. The molecule has 0 radical (unpaired) electrons. The van der Waals surface area contributed by atoms with Crippen LogP contribution >= 0.6 is 0 Å². The first-order valence-electron chi connectivity index (χ1n) is 11.7. The Hall–Kier alpha value is -1.59. The number of hydrogen-bond acceptors (Lipinski definition) is 1. The van der Waals surface area contributed by atoms with Crippen LogP contribution < -0.4 is 4.74 Å². The van der Waals surface area contributed by atoms with Gasteiger partial charge in [0.05, 0.1) is 0 Å². The van der Waals surface area contributed by atoms with Crippen LogP contribution in [0.4, 0.5) is 22.0 Å². The lowest BCUT2D eigenvalue weighted by molar-refractivity contribution is -0.276. The van der Waals surface area contributed by atoms with Gasteiger partial charge in [0.15, 0.2) is 11.6 Å². The summed E-state index contributed by atoms with van der Waals surface area (Å²) in [4.78, 5) is 0. The van der Waals surface area contributed by atoms with Crippen molar-refractivity contribution in [2.24, 2.45) is 29.6 Å². The highest BCUT2D eigenvalue weighted by atomic mass is 19.4.